The van der Waals surface area contributed by atoms with Crippen LogP contribution in [0.15, 0.2) is 23.8 Å². The van der Waals surface area contributed by atoms with Crippen LogP contribution < -0.4 is 5.32 Å². The standard InChI is InChI=1S/C20H26N4O2S/c1-14(25)16-9-15(13-27-16)10-19(26)22-17-11-20(17)3-6-24(7-4-20)12-18-21-5-8-23(18)2/h5,8-9,13,17H,3-4,6-7,10-12H2,1-2H3,(H,22,26). The number of Topliss-reactive ketones (excluding diaryl/α,β-unsaturated/α-hetero) is 1. The molecule has 2 aromatic rings. The van der Waals surface area contributed by atoms with Crippen LogP contribution in [-0.2, 0) is 24.8 Å². The van der Waals surface area contributed by atoms with Gasteiger partial charge in [-0.15, -0.1) is 11.3 Å². The van der Waals surface area contributed by atoms with Crippen molar-refractivity contribution in [3.8, 4) is 0 Å². The highest BCUT2D eigenvalue weighted by atomic mass is 32.1. The van der Waals surface area contributed by atoms with Crippen molar-refractivity contribution < 1.29 is 9.59 Å². The number of nitrogens with zero attached hydrogens (tertiary/aromatic N) is 3. The monoisotopic (exact) mass is 386 g/mol. The molecule has 2 aliphatic rings. The number of nitrogens with one attached hydrogen (secondary N) is 1. The summed E-state index contributed by atoms with van der Waals surface area (Å²) < 4.78 is 2.08. The zero-order valence-corrected chi connectivity index (χ0v) is 16.7. The summed E-state index contributed by atoms with van der Waals surface area (Å²) in [5, 5.41) is 5.13. The molecular weight excluding hydrogens is 360 g/mol. The third-order valence-corrected chi connectivity index (χ3v) is 7.11. The van der Waals surface area contributed by atoms with Crippen LogP contribution in [0.25, 0.3) is 0 Å². The van der Waals surface area contributed by atoms with Crippen molar-refractivity contribution in [2.75, 3.05) is 13.1 Å². The Morgan fingerprint density at radius 2 is 2.15 bits per heavy atom. The molecule has 0 aromatic carbocycles. The average Bonchev–Trinajstić information content (AvgIpc) is 2.98. The summed E-state index contributed by atoms with van der Waals surface area (Å²) >= 11 is 1.42. The van der Waals surface area contributed by atoms with Crippen molar-refractivity contribution in [2.45, 2.75) is 45.2 Å². The molecule has 4 rings (SSSR count). The summed E-state index contributed by atoms with van der Waals surface area (Å²) in [4.78, 5) is 31.3. The van der Waals surface area contributed by atoms with Crippen LogP contribution in [0.5, 0.6) is 0 Å². The normalized spacial score (nSPS) is 21.3. The van der Waals surface area contributed by atoms with Crippen LogP contribution in [0, 0.1) is 5.41 Å². The molecule has 1 saturated carbocycles. The van der Waals surface area contributed by atoms with Gasteiger partial charge >= 0.3 is 0 Å². The summed E-state index contributed by atoms with van der Waals surface area (Å²) in [5.74, 6) is 1.23. The lowest BCUT2D eigenvalue weighted by Gasteiger charge is -2.32. The van der Waals surface area contributed by atoms with E-state index < -0.39 is 0 Å². The largest absolute Gasteiger partial charge is 0.353 e. The van der Waals surface area contributed by atoms with Gasteiger partial charge in [0, 0.05) is 25.5 Å². The van der Waals surface area contributed by atoms with Gasteiger partial charge in [-0.3, -0.25) is 14.5 Å². The Bertz CT molecular complexity index is 848. The van der Waals surface area contributed by atoms with E-state index in [1.807, 2.05) is 30.9 Å². The van der Waals surface area contributed by atoms with E-state index in [0.717, 1.165) is 55.2 Å². The molecule has 1 unspecified atom stereocenters. The molecule has 0 radical (unpaired) electrons. The number of likely N-dealkylation sites (tertiary alicyclic amines) is 1. The first-order chi connectivity index (χ1) is 12.9. The fraction of sp³-hybridized carbons (Fsp3) is 0.550. The molecule has 3 heterocycles. The molecule has 1 aliphatic heterocycles. The lowest BCUT2D eigenvalue weighted by Crippen LogP contribution is -2.39. The lowest BCUT2D eigenvalue weighted by atomic mass is 9.92. The number of piperidine rings is 1. The van der Waals surface area contributed by atoms with Gasteiger partial charge in [0.1, 0.15) is 5.82 Å². The number of aryl methyl sites for hydroxylation is 1. The quantitative estimate of drug-likeness (QED) is 0.774. The number of thiophene rings is 1. The molecular formula is C20H26N4O2S. The molecule has 1 N–H and O–H groups in total. The van der Waals surface area contributed by atoms with Crippen LogP contribution >= 0.6 is 11.3 Å². The minimum atomic E-state index is 0.0603. The number of carbonyl (C=O) groups is 2. The van der Waals surface area contributed by atoms with E-state index in [9.17, 15) is 9.59 Å². The Kier molecular flexibility index (Phi) is 4.90. The average molecular weight is 387 g/mol. The van der Waals surface area contributed by atoms with Crippen LogP contribution in [-0.4, -0.2) is 45.3 Å². The summed E-state index contributed by atoms with van der Waals surface area (Å²) in [6, 6.07) is 2.15. The van der Waals surface area contributed by atoms with E-state index in [2.05, 4.69) is 19.8 Å². The molecule has 1 aliphatic carbocycles. The number of amides is 1. The van der Waals surface area contributed by atoms with E-state index in [0.29, 0.717) is 17.9 Å². The first kappa shape index (κ1) is 18.4. The third-order valence-electron chi connectivity index (χ3n) is 6.03. The number of carbonyl (C=O) groups excluding carboxylic acids is 2. The van der Waals surface area contributed by atoms with Gasteiger partial charge in [-0.05, 0) is 61.7 Å². The molecule has 2 aromatic heterocycles. The first-order valence-corrected chi connectivity index (χ1v) is 10.4. The molecule has 1 atom stereocenters. The second-order valence-corrected chi connectivity index (χ2v) is 8.88. The highest BCUT2D eigenvalue weighted by Crippen LogP contribution is 2.54. The van der Waals surface area contributed by atoms with E-state index in [4.69, 9.17) is 0 Å². The highest BCUT2D eigenvalue weighted by Gasteiger charge is 2.55. The van der Waals surface area contributed by atoms with Gasteiger partial charge in [0.15, 0.2) is 5.78 Å². The lowest BCUT2D eigenvalue weighted by molar-refractivity contribution is -0.120. The predicted octanol–water partition coefficient (Wildman–Crippen LogP) is 2.40. The molecule has 1 amide bonds. The maximum Gasteiger partial charge on any atom is 0.224 e. The SMILES string of the molecule is CC(=O)c1cc(CC(=O)NC2CC23CCN(Cc2nccn2C)CC3)cs1. The van der Waals surface area contributed by atoms with Crippen molar-refractivity contribution in [3.63, 3.8) is 0 Å². The topological polar surface area (TPSA) is 67.2 Å². The second-order valence-electron chi connectivity index (χ2n) is 7.97. The molecule has 2 fully saturated rings. The summed E-state index contributed by atoms with van der Waals surface area (Å²) in [5.41, 5.74) is 1.23. The number of hydrogen-bond acceptors (Lipinski definition) is 5. The Labute approximate surface area is 163 Å². The van der Waals surface area contributed by atoms with E-state index >= 15 is 0 Å². The molecule has 1 saturated heterocycles. The van der Waals surface area contributed by atoms with Gasteiger partial charge in [0.05, 0.1) is 17.8 Å². The van der Waals surface area contributed by atoms with E-state index in [1.165, 1.54) is 11.3 Å². The van der Waals surface area contributed by atoms with Crippen molar-refractivity contribution in [1.29, 1.82) is 0 Å². The third kappa shape index (κ3) is 3.99. The van der Waals surface area contributed by atoms with E-state index in [-0.39, 0.29) is 11.7 Å². The highest BCUT2D eigenvalue weighted by molar-refractivity contribution is 7.12. The molecule has 7 heteroatoms. The fourth-order valence-electron chi connectivity index (χ4n) is 4.09. The molecule has 1 spiro atoms. The summed E-state index contributed by atoms with van der Waals surface area (Å²) in [6.07, 6.45) is 7.56. The molecule has 27 heavy (non-hydrogen) atoms. The zero-order chi connectivity index (χ0) is 19.0. The van der Waals surface area contributed by atoms with E-state index in [1.54, 1.807) is 6.92 Å². The number of imidazole rings is 1. The minimum Gasteiger partial charge on any atom is -0.353 e. The van der Waals surface area contributed by atoms with Crippen LogP contribution in [0.3, 0.4) is 0 Å². The molecule has 6 nitrogen and oxygen atoms in total. The summed E-state index contributed by atoms with van der Waals surface area (Å²) in [7, 11) is 2.03. The second kappa shape index (κ2) is 7.20. The van der Waals surface area contributed by atoms with Gasteiger partial charge < -0.3 is 9.88 Å². The van der Waals surface area contributed by atoms with Gasteiger partial charge in [-0.2, -0.15) is 0 Å². The summed E-state index contributed by atoms with van der Waals surface area (Å²) in [6.45, 7) is 4.58. The Balaban J connectivity index is 1.24. The Morgan fingerprint density at radius 3 is 2.78 bits per heavy atom. The fourth-order valence-corrected chi connectivity index (χ4v) is 4.91. The van der Waals surface area contributed by atoms with Crippen molar-refractivity contribution in [3.05, 3.63) is 40.1 Å². The van der Waals surface area contributed by atoms with Gasteiger partial charge in [0.2, 0.25) is 5.91 Å². The molecule has 144 valence electrons. The maximum atomic E-state index is 12.4. The first-order valence-electron chi connectivity index (χ1n) is 9.51. The smallest absolute Gasteiger partial charge is 0.224 e. The van der Waals surface area contributed by atoms with Gasteiger partial charge in [-0.25, -0.2) is 4.98 Å². The predicted molar refractivity (Wildman–Crippen MR) is 105 cm³/mol. The molecule has 0 bridgehead atoms. The number of ketones is 1. The van der Waals surface area contributed by atoms with Crippen molar-refractivity contribution in [1.82, 2.24) is 19.8 Å². The van der Waals surface area contributed by atoms with Gasteiger partial charge in [-0.1, -0.05) is 0 Å². The minimum absolute atomic E-state index is 0.0603. The van der Waals surface area contributed by atoms with Crippen LogP contribution in [0.1, 0.15) is 47.2 Å². The zero-order valence-electron chi connectivity index (χ0n) is 15.9. The van der Waals surface area contributed by atoms with Crippen LogP contribution in [0.4, 0.5) is 0 Å². The van der Waals surface area contributed by atoms with Crippen molar-refractivity contribution in [2.24, 2.45) is 12.5 Å². The maximum absolute atomic E-state index is 12.4. The van der Waals surface area contributed by atoms with Crippen LogP contribution in [0.2, 0.25) is 0 Å². The van der Waals surface area contributed by atoms with Gasteiger partial charge in [0.25, 0.3) is 0 Å². The Hall–Kier alpha value is -1.99. The van der Waals surface area contributed by atoms with Crippen molar-refractivity contribution >= 4 is 23.0 Å². The number of hydrogen-bond donors (Lipinski definition) is 1. The number of aromatic nitrogens is 2. The Morgan fingerprint density at radius 1 is 1.37 bits per heavy atom. The number of rotatable bonds is 6.